The lowest BCUT2D eigenvalue weighted by molar-refractivity contribution is -0.148. The van der Waals surface area contributed by atoms with Crippen LogP contribution in [0.1, 0.15) is 22.9 Å². The number of nitrogens with zero attached hydrogens (tertiary/aromatic N) is 1. The Morgan fingerprint density at radius 2 is 1.71 bits per heavy atom. The Bertz CT molecular complexity index is 1180. The van der Waals surface area contributed by atoms with Crippen molar-refractivity contribution in [2.75, 3.05) is 27.9 Å². The molecule has 3 aromatic rings. The van der Waals surface area contributed by atoms with Crippen molar-refractivity contribution in [3.05, 3.63) is 53.2 Å². The fourth-order valence-electron chi connectivity index (χ4n) is 4.78. The summed E-state index contributed by atoms with van der Waals surface area (Å²) in [6.45, 7) is -0.0220. The summed E-state index contributed by atoms with van der Waals surface area (Å²) < 4.78 is 16.5. The van der Waals surface area contributed by atoms with Gasteiger partial charge in [-0.15, -0.1) is 0 Å². The van der Waals surface area contributed by atoms with Crippen LogP contribution in [0.4, 0.5) is 0 Å². The van der Waals surface area contributed by atoms with E-state index in [-0.39, 0.29) is 18.4 Å². The Hall–Kier alpha value is -3.68. The lowest BCUT2D eigenvalue weighted by Crippen LogP contribution is -2.61. The summed E-state index contributed by atoms with van der Waals surface area (Å²) >= 11 is 0. The number of aromatic nitrogens is 1. The molecule has 0 bridgehead atoms. The lowest BCUT2D eigenvalue weighted by Gasteiger charge is -2.44. The molecule has 2 aliphatic rings. The highest BCUT2D eigenvalue weighted by molar-refractivity contribution is 5.97. The maximum absolute atomic E-state index is 13.0. The molecule has 1 saturated heterocycles. The van der Waals surface area contributed by atoms with E-state index >= 15 is 0 Å². The summed E-state index contributed by atoms with van der Waals surface area (Å²) in [5, 5.41) is 3.78. The summed E-state index contributed by atoms with van der Waals surface area (Å²) in [5.41, 5.74) is 3.68. The first-order chi connectivity index (χ1) is 15.1. The Balaban J connectivity index is 1.78. The Labute approximate surface area is 179 Å². The Morgan fingerprint density at radius 1 is 1.00 bits per heavy atom. The van der Waals surface area contributed by atoms with Gasteiger partial charge in [-0.25, -0.2) is 0 Å². The number of ether oxygens (including phenoxy) is 3. The van der Waals surface area contributed by atoms with Crippen LogP contribution in [-0.4, -0.2) is 55.6 Å². The molecule has 2 N–H and O–H groups in total. The number of carbonyl (C=O) groups is 2. The van der Waals surface area contributed by atoms with Crippen molar-refractivity contribution >= 4 is 22.7 Å². The molecule has 160 valence electrons. The molecule has 2 aromatic carbocycles. The molecular formula is C23H23N3O5. The summed E-state index contributed by atoms with van der Waals surface area (Å²) in [7, 11) is 4.65. The van der Waals surface area contributed by atoms with Gasteiger partial charge in [0.15, 0.2) is 11.5 Å². The molecule has 2 atom stereocenters. The second-order valence-electron chi connectivity index (χ2n) is 7.66. The minimum absolute atomic E-state index is 0.0220. The number of hydrogen-bond donors (Lipinski definition) is 2. The zero-order chi connectivity index (χ0) is 21.7. The van der Waals surface area contributed by atoms with E-state index in [4.69, 9.17) is 14.2 Å². The number of methoxy groups -OCH3 is 3. The number of nitrogens with one attached hydrogen (secondary N) is 2. The van der Waals surface area contributed by atoms with Crippen molar-refractivity contribution < 1.29 is 23.8 Å². The first-order valence-electron chi connectivity index (χ1n) is 10.1. The van der Waals surface area contributed by atoms with Gasteiger partial charge in [-0.3, -0.25) is 9.59 Å². The summed E-state index contributed by atoms with van der Waals surface area (Å²) in [5.74, 6) is 1.18. The number of rotatable bonds is 4. The predicted molar refractivity (Wildman–Crippen MR) is 114 cm³/mol. The van der Waals surface area contributed by atoms with Crippen molar-refractivity contribution in [1.29, 1.82) is 0 Å². The highest BCUT2D eigenvalue weighted by atomic mass is 16.5. The maximum atomic E-state index is 13.0. The van der Waals surface area contributed by atoms with Crippen LogP contribution < -0.4 is 19.5 Å². The zero-order valence-corrected chi connectivity index (χ0v) is 17.5. The number of H-pyrrole nitrogens is 1. The fraction of sp³-hybridized carbons (Fsp3) is 0.304. The Morgan fingerprint density at radius 3 is 2.39 bits per heavy atom. The van der Waals surface area contributed by atoms with Crippen LogP contribution in [0.3, 0.4) is 0 Å². The molecule has 0 saturated carbocycles. The van der Waals surface area contributed by atoms with Crippen LogP contribution in [0, 0.1) is 0 Å². The molecule has 2 amide bonds. The van der Waals surface area contributed by atoms with Crippen LogP contribution in [0.5, 0.6) is 17.2 Å². The van der Waals surface area contributed by atoms with E-state index in [9.17, 15) is 9.59 Å². The topological polar surface area (TPSA) is 92.9 Å². The molecule has 31 heavy (non-hydrogen) atoms. The molecule has 2 aliphatic heterocycles. The van der Waals surface area contributed by atoms with Gasteiger partial charge in [-0.1, -0.05) is 18.2 Å². The average molecular weight is 421 g/mol. The molecule has 0 radical (unpaired) electrons. The fourth-order valence-corrected chi connectivity index (χ4v) is 4.78. The second kappa shape index (κ2) is 7.23. The van der Waals surface area contributed by atoms with Crippen molar-refractivity contribution in [3.63, 3.8) is 0 Å². The van der Waals surface area contributed by atoms with Crippen molar-refractivity contribution in [2.45, 2.75) is 18.5 Å². The number of fused-ring (bicyclic) bond motifs is 4. The largest absolute Gasteiger partial charge is 0.493 e. The molecule has 3 heterocycles. The van der Waals surface area contributed by atoms with Gasteiger partial charge in [0.2, 0.25) is 17.6 Å². The monoisotopic (exact) mass is 421 g/mol. The maximum Gasteiger partial charge on any atom is 0.243 e. The number of para-hydroxylation sites is 1. The molecule has 0 unspecified atom stereocenters. The normalized spacial score (nSPS) is 20.2. The third kappa shape index (κ3) is 2.82. The molecule has 0 spiro atoms. The third-order valence-electron chi connectivity index (χ3n) is 6.14. The van der Waals surface area contributed by atoms with E-state index < -0.39 is 12.1 Å². The summed E-state index contributed by atoms with van der Waals surface area (Å²) in [4.78, 5) is 31.0. The first-order valence-corrected chi connectivity index (χ1v) is 10.1. The summed E-state index contributed by atoms with van der Waals surface area (Å²) in [6, 6.07) is 10.6. The third-order valence-corrected chi connectivity index (χ3v) is 6.14. The van der Waals surface area contributed by atoms with Crippen molar-refractivity contribution in [3.8, 4) is 17.2 Å². The molecule has 1 fully saturated rings. The standard InChI is InChI=1S/C23H23N3O5/c1-29-17-8-12(9-18(30-2)22(17)31-3)21-20-14(13-6-4-5-7-15(13)25-20)10-16-23(28)24-11-19(27)26(16)21/h4-9,16,21,25H,10-11H2,1-3H3,(H,24,28)/t16-,21+/m0/s1. The predicted octanol–water partition coefficient (Wildman–Crippen LogP) is 2.17. The number of hydrogen-bond acceptors (Lipinski definition) is 5. The zero-order valence-electron chi connectivity index (χ0n) is 17.5. The van der Waals surface area contributed by atoms with Crippen LogP contribution in [0.15, 0.2) is 36.4 Å². The van der Waals surface area contributed by atoms with Gasteiger partial charge < -0.3 is 29.4 Å². The molecule has 8 nitrogen and oxygen atoms in total. The van der Waals surface area contributed by atoms with Gasteiger partial charge in [0, 0.05) is 23.0 Å². The molecule has 0 aliphatic carbocycles. The lowest BCUT2D eigenvalue weighted by atomic mass is 9.86. The molecule has 5 rings (SSSR count). The highest BCUT2D eigenvalue weighted by Gasteiger charge is 2.46. The van der Waals surface area contributed by atoms with Gasteiger partial charge in [-0.05, 0) is 29.3 Å². The van der Waals surface area contributed by atoms with Crippen molar-refractivity contribution in [2.24, 2.45) is 0 Å². The second-order valence-corrected chi connectivity index (χ2v) is 7.66. The average Bonchev–Trinajstić information content (AvgIpc) is 3.17. The van der Waals surface area contributed by atoms with Gasteiger partial charge in [0.25, 0.3) is 0 Å². The van der Waals surface area contributed by atoms with E-state index in [1.54, 1.807) is 26.2 Å². The van der Waals surface area contributed by atoms with Crippen LogP contribution in [0.2, 0.25) is 0 Å². The number of piperazine rings is 1. The van der Waals surface area contributed by atoms with Gasteiger partial charge in [0.05, 0.1) is 33.9 Å². The highest BCUT2D eigenvalue weighted by Crippen LogP contribution is 2.46. The van der Waals surface area contributed by atoms with E-state index in [0.29, 0.717) is 23.7 Å². The number of benzene rings is 2. The first kappa shape index (κ1) is 19.3. The van der Waals surface area contributed by atoms with E-state index in [1.165, 1.54) is 0 Å². The summed E-state index contributed by atoms with van der Waals surface area (Å²) in [6.07, 6.45) is 0.456. The minimum atomic E-state index is -0.586. The van der Waals surface area contributed by atoms with Crippen molar-refractivity contribution in [1.82, 2.24) is 15.2 Å². The van der Waals surface area contributed by atoms with Crippen LogP contribution >= 0.6 is 0 Å². The van der Waals surface area contributed by atoms with Gasteiger partial charge >= 0.3 is 0 Å². The quantitative estimate of drug-likeness (QED) is 0.674. The van der Waals surface area contributed by atoms with Crippen LogP contribution in [0.25, 0.3) is 10.9 Å². The van der Waals surface area contributed by atoms with E-state index in [2.05, 4.69) is 10.3 Å². The van der Waals surface area contributed by atoms with Crippen LogP contribution in [-0.2, 0) is 16.0 Å². The Kier molecular flexibility index (Phi) is 4.50. The molecular weight excluding hydrogens is 398 g/mol. The SMILES string of the molecule is COc1cc([C@@H]2c3[nH]c4ccccc4c3C[C@H]3C(=O)NCC(=O)N23)cc(OC)c1OC. The molecule has 1 aromatic heterocycles. The van der Waals surface area contributed by atoms with Gasteiger partial charge in [0.1, 0.15) is 6.04 Å². The number of amides is 2. The smallest absolute Gasteiger partial charge is 0.243 e. The molecule has 8 heteroatoms. The van der Waals surface area contributed by atoms with E-state index in [0.717, 1.165) is 27.7 Å². The van der Waals surface area contributed by atoms with E-state index in [1.807, 2.05) is 36.4 Å². The number of aromatic amines is 1. The van der Waals surface area contributed by atoms with Gasteiger partial charge in [-0.2, -0.15) is 0 Å². The number of carbonyl (C=O) groups excluding carboxylic acids is 2. The minimum Gasteiger partial charge on any atom is -0.493 e.